The molecule has 1 aliphatic rings. The lowest BCUT2D eigenvalue weighted by atomic mass is 9.98. The summed E-state index contributed by atoms with van der Waals surface area (Å²) in [5, 5.41) is 10.8. The Bertz CT molecular complexity index is 2370. The van der Waals surface area contributed by atoms with Crippen LogP contribution in [0.2, 0.25) is 0 Å². The van der Waals surface area contributed by atoms with Gasteiger partial charge >= 0.3 is 0 Å². The smallest absolute Gasteiger partial charge is 0.196 e. The predicted octanol–water partition coefficient (Wildman–Crippen LogP) is 11.8. The van der Waals surface area contributed by atoms with E-state index >= 15 is 0 Å². The number of nitrogens with zero attached hydrogens (tertiary/aromatic N) is 1. The van der Waals surface area contributed by atoms with Gasteiger partial charge in [-0.2, -0.15) is 0 Å². The minimum absolute atomic E-state index is 0.266. The van der Waals surface area contributed by atoms with E-state index in [0.717, 1.165) is 50.2 Å². The van der Waals surface area contributed by atoms with Crippen LogP contribution in [0, 0.1) is 0 Å². The fraction of sp³-hybridized carbons (Fsp3) is 0.0233. The summed E-state index contributed by atoms with van der Waals surface area (Å²) in [6.07, 6.45) is -0.266. The van der Waals surface area contributed by atoms with Gasteiger partial charge in [-0.3, -0.25) is 0 Å². The van der Waals surface area contributed by atoms with Gasteiger partial charge in [-0.15, -0.1) is 0 Å². The first-order chi connectivity index (χ1) is 22.8. The van der Waals surface area contributed by atoms with Crippen molar-refractivity contribution in [1.29, 1.82) is 0 Å². The maximum Gasteiger partial charge on any atom is 0.196 e. The van der Waals surface area contributed by atoms with E-state index in [-0.39, 0.29) is 6.23 Å². The molecule has 9 rings (SSSR count). The quantitative estimate of drug-likeness (QED) is 0.202. The zero-order chi connectivity index (χ0) is 30.5. The predicted molar refractivity (Wildman–Crippen MR) is 193 cm³/mol. The molecule has 0 saturated heterocycles. The van der Waals surface area contributed by atoms with E-state index in [2.05, 4.69) is 180 Å². The Morgan fingerprint density at radius 3 is 1.87 bits per heavy atom. The van der Waals surface area contributed by atoms with Crippen molar-refractivity contribution < 1.29 is 4.74 Å². The third kappa shape index (κ3) is 4.44. The highest BCUT2D eigenvalue weighted by atomic mass is 16.5. The number of anilines is 4. The molecule has 0 bridgehead atoms. The Kier molecular flexibility index (Phi) is 6.20. The molecule has 3 heteroatoms. The van der Waals surface area contributed by atoms with Crippen LogP contribution in [0.3, 0.4) is 0 Å². The third-order valence-corrected chi connectivity index (χ3v) is 9.05. The van der Waals surface area contributed by atoms with Crippen LogP contribution in [0.15, 0.2) is 170 Å². The molecule has 0 aliphatic carbocycles. The first-order valence-corrected chi connectivity index (χ1v) is 15.7. The van der Waals surface area contributed by atoms with E-state index in [1.54, 1.807) is 0 Å². The van der Waals surface area contributed by atoms with Crippen molar-refractivity contribution in [2.45, 2.75) is 6.23 Å². The zero-order valence-corrected chi connectivity index (χ0v) is 25.1. The standard InChI is InChI=1S/C43H30N2O/c1-3-11-29(12-4-1)31-21-23-35(24-22-31)45(34-15-5-2-6-16-34)36-25-26-39-40(28-36)37-17-9-10-18-38(37)41-42(39)46-43(44-41)33-20-19-30-13-7-8-14-32(30)27-33/h1-28,43-44H. The number of fused-ring (bicyclic) bond motifs is 7. The van der Waals surface area contributed by atoms with E-state index in [4.69, 9.17) is 4.74 Å². The van der Waals surface area contributed by atoms with Crippen molar-refractivity contribution in [2.75, 3.05) is 10.2 Å². The molecule has 46 heavy (non-hydrogen) atoms. The number of para-hydroxylation sites is 1. The highest BCUT2D eigenvalue weighted by molar-refractivity contribution is 6.18. The summed E-state index contributed by atoms with van der Waals surface area (Å²) in [4.78, 5) is 2.33. The van der Waals surface area contributed by atoms with Gasteiger partial charge < -0.3 is 15.0 Å². The molecule has 1 aliphatic heterocycles. The summed E-state index contributed by atoms with van der Waals surface area (Å²) in [5.74, 6) is 0.900. The van der Waals surface area contributed by atoms with E-state index in [9.17, 15) is 0 Å². The van der Waals surface area contributed by atoms with Crippen molar-refractivity contribution in [3.8, 4) is 16.9 Å². The van der Waals surface area contributed by atoms with E-state index < -0.39 is 0 Å². The van der Waals surface area contributed by atoms with E-state index in [1.165, 1.54) is 27.3 Å². The molecule has 1 unspecified atom stereocenters. The summed E-state index contributed by atoms with van der Waals surface area (Å²) in [6.45, 7) is 0. The average Bonchev–Trinajstić information content (AvgIpc) is 3.59. The fourth-order valence-corrected chi connectivity index (χ4v) is 6.81. The SMILES string of the molecule is c1ccc(-c2ccc(N(c3ccccc3)c3ccc4c5c(c6ccccc6c4c3)NC(c3ccc4ccccc4c3)O5)cc2)cc1. The lowest BCUT2D eigenvalue weighted by molar-refractivity contribution is 0.263. The van der Waals surface area contributed by atoms with Gasteiger partial charge in [-0.05, 0) is 81.2 Å². The van der Waals surface area contributed by atoms with Gasteiger partial charge in [-0.25, -0.2) is 0 Å². The number of hydrogen-bond acceptors (Lipinski definition) is 3. The maximum absolute atomic E-state index is 6.76. The molecule has 8 aromatic rings. The van der Waals surface area contributed by atoms with E-state index in [1.807, 2.05) is 0 Å². The Morgan fingerprint density at radius 2 is 1.07 bits per heavy atom. The molecule has 8 aromatic carbocycles. The van der Waals surface area contributed by atoms with Gasteiger partial charge in [0, 0.05) is 33.4 Å². The van der Waals surface area contributed by atoms with Crippen LogP contribution in [-0.2, 0) is 0 Å². The lowest BCUT2D eigenvalue weighted by Crippen LogP contribution is -2.10. The fourth-order valence-electron chi connectivity index (χ4n) is 6.81. The molecule has 0 aromatic heterocycles. The molecule has 3 nitrogen and oxygen atoms in total. The van der Waals surface area contributed by atoms with Crippen LogP contribution >= 0.6 is 0 Å². The van der Waals surface area contributed by atoms with Crippen molar-refractivity contribution in [3.63, 3.8) is 0 Å². The maximum atomic E-state index is 6.76. The summed E-state index contributed by atoms with van der Waals surface area (Å²) in [5.41, 5.74) is 7.86. The summed E-state index contributed by atoms with van der Waals surface area (Å²) in [7, 11) is 0. The van der Waals surface area contributed by atoms with Crippen molar-refractivity contribution in [3.05, 3.63) is 175 Å². The molecule has 0 amide bonds. The molecule has 0 spiro atoms. The molecule has 0 fully saturated rings. The molecule has 218 valence electrons. The molecule has 1 atom stereocenters. The zero-order valence-electron chi connectivity index (χ0n) is 25.1. The Balaban J connectivity index is 1.17. The van der Waals surface area contributed by atoms with E-state index in [0.29, 0.717) is 0 Å². The minimum atomic E-state index is -0.266. The van der Waals surface area contributed by atoms with Gasteiger partial charge in [0.1, 0.15) is 0 Å². The Labute approximate surface area is 267 Å². The van der Waals surface area contributed by atoms with Crippen LogP contribution in [0.25, 0.3) is 43.4 Å². The lowest BCUT2D eigenvalue weighted by Gasteiger charge is -2.26. The monoisotopic (exact) mass is 590 g/mol. The normalized spacial score (nSPS) is 13.8. The van der Waals surface area contributed by atoms with Gasteiger partial charge in [0.15, 0.2) is 12.0 Å². The average molecular weight is 591 g/mol. The van der Waals surface area contributed by atoms with Gasteiger partial charge in [-0.1, -0.05) is 121 Å². The van der Waals surface area contributed by atoms with Crippen LogP contribution in [0.4, 0.5) is 22.7 Å². The third-order valence-electron chi connectivity index (χ3n) is 9.05. The molecular weight excluding hydrogens is 560 g/mol. The number of ether oxygens (including phenoxy) is 1. The Morgan fingerprint density at radius 1 is 0.435 bits per heavy atom. The van der Waals surface area contributed by atoms with Crippen LogP contribution in [0.5, 0.6) is 5.75 Å². The number of rotatable bonds is 5. The van der Waals surface area contributed by atoms with Gasteiger partial charge in [0.25, 0.3) is 0 Å². The largest absolute Gasteiger partial charge is 0.464 e. The summed E-state index contributed by atoms with van der Waals surface area (Å²) >= 11 is 0. The van der Waals surface area contributed by atoms with Gasteiger partial charge in [0.05, 0.1) is 5.69 Å². The second-order valence-electron chi connectivity index (χ2n) is 11.8. The van der Waals surface area contributed by atoms with Crippen LogP contribution in [0.1, 0.15) is 11.8 Å². The number of nitrogens with one attached hydrogen (secondary N) is 1. The second-order valence-corrected chi connectivity index (χ2v) is 11.8. The van der Waals surface area contributed by atoms with Crippen LogP contribution < -0.4 is 15.0 Å². The summed E-state index contributed by atoms with van der Waals surface area (Å²) in [6, 6.07) is 60.3. The Hall–Kier alpha value is -6.06. The first kappa shape index (κ1) is 26.4. The molecule has 1 N–H and O–H groups in total. The van der Waals surface area contributed by atoms with Crippen molar-refractivity contribution in [2.24, 2.45) is 0 Å². The molecular formula is C43H30N2O. The molecule has 1 heterocycles. The minimum Gasteiger partial charge on any atom is -0.464 e. The highest BCUT2D eigenvalue weighted by Crippen LogP contribution is 2.50. The van der Waals surface area contributed by atoms with Crippen molar-refractivity contribution >= 4 is 55.1 Å². The number of benzene rings is 8. The molecule has 0 saturated carbocycles. The molecule has 0 radical (unpaired) electrons. The second kappa shape index (κ2) is 10.8. The topological polar surface area (TPSA) is 24.5 Å². The van der Waals surface area contributed by atoms with Crippen molar-refractivity contribution in [1.82, 2.24) is 0 Å². The van der Waals surface area contributed by atoms with Crippen LogP contribution in [-0.4, -0.2) is 0 Å². The highest BCUT2D eigenvalue weighted by Gasteiger charge is 2.28. The first-order valence-electron chi connectivity index (χ1n) is 15.7. The van der Waals surface area contributed by atoms with Gasteiger partial charge in [0.2, 0.25) is 0 Å². The number of hydrogen-bond donors (Lipinski definition) is 1. The summed E-state index contributed by atoms with van der Waals surface area (Å²) < 4.78 is 6.76.